The van der Waals surface area contributed by atoms with Crippen molar-refractivity contribution in [1.82, 2.24) is 0 Å². The second-order valence-corrected chi connectivity index (χ2v) is 81.4. The molecule has 74 heavy (non-hydrogen) atoms. The van der Waals surface area contributed by atoms with Gasteiger partial charge in [-0.05, 0) is 57.1 Å². The quantitative estimate of drug-likeness (QED) is 0.141. The molecule has 0 amide bonds. The monoisotopic (exact) mass is 1260 g/mol. The normalized spacial score (nSPS) is 16.6. The minimum Gasteiger partial charge on any atom is -1.00 e. The Labute approximate surface area is 504 Å². The first-order valence-corrected chi connectivity index (χ1v) is 61.0. The molecule has 1 aliphatic carbocycles. The molecule has 0 aliphatic heterocycles. The zero-order chi connectivity index (χ0) is 55.3. The van der Waals surface area contributed by atoms with Gasteiger partial charge in [-0.2, -0.15) is 11.1 Å². The molecule has 3 aromatic rings. The fourth-order valence-electron chi connectivity index (χ4n) is 15.7. The van der Waals surface area contributed by atoms with E-state index in [-0.39, 0.29) is 64.0 Å². The maximum Gasteiger partial charge on any atom is 4.00 e. The fourth-order valence-corrected chi connectivity index (χ4v) is 55.0. The Bertz CT molecular complexity index is 2450. The number of benzene rings is 3. The molecule has 0 saturated heterocycles. The molecular weight excluding hydrogens is 1160 g/mol. The van der Waals surface area contributed by atoms with E-state index in [1.54, 1.807) is 54.5 Å². The molecule has 1 unspecified atom stereocenters. The number of hydrogen-bond donors (Lipinski definition) is 0. The summed E-state index contributed by atoms with van der Waals surface area (Å²) in [6.45, 7) is 100. The van der Waals surface area contributed by atoms with Crippen LogP contribution < -0.4 is 99.5 Å². The Morgan fingerprint density at radius 1 is 0.257 bits per heavy atom. The van der Waals surface area contributed by atoms with Crippen LogP contribution >= 0.6 is 0 Å². The van der Waals surface area contributed by atoms with Gasteiger partial charge in [-0.15, -0.1) is 6.92 Å². The third-order valence-corrected chi connectivity index (χ3v) is 43.7. The van der Waals surface area contributed by atoms with E-state index in [4.69, 9.17) is 6.08 Å². The Morgan fingerprint density at radius 3 is 0.554 bits per heavy atom. The van der Waals surface area contributed by atoms with Crippen molar-refractivity contribution in [1.29, 1.82) is 0 Å². The smallest absolute Gasteiger partial charge is 1.00 e. The first kappa shape index (κ1) is 74.9. The standard InChI is InChI=1S/C60H111Si10.3ClH.Ti/c1-39-38-60(10,47(9)40(39)2)70(54-44(6)48(61(11,12)13)41(3)51(64(20,21)22)57(54)67(29,30)31,55-45(7)49(62(14,15)16)42(4)52(65(23,24)25)58(55)68(32,33)34)56-46(8)50(63(17,18)19)43(5)53(66(26,27)28)59(56)69(35,36)37;;;;/h1-37H3;3*1H;/q-1;;;;+4/p-3. The van der Waals surface area contributed by atoms with Gasteiger partial charge in [0.05, 0.1) is 72.7 Å². The largest absolute Gasteiger partial charge is 4.00 e. The Morgan fingerprint density at radius 2 is 0.419 bits per heavy atom. The molecule has 0 aromatic heterocycles. The van der Waals surface area contributed by atoms with E-state index in [2.05, 4.69) is 246 Å². The molecule has 4 rings (SSSR count). The van der Waals surface area contributed by atoms with E-state index in [0.29, 0.717) is 0 Å². The van der Waals surface area contributed by atoms with Crippen LogP contribution in [0.25, 0.3) is 0 Å². The predicted octanol–water partition coefficient (Wildman–Crippen LogP) is 2.78. The van der Waals surface area contributed by atoms with Crippen molar-refractivity contribution < 1.29 is 58.9 Å². The van der Waals surface area contributed by atoms with Gasteiger partial charge in [0.1, 0.15) is 8.07 Å². The number of rotatable bonds is 13. The Kier molecular flexibility index (Phi) is 23.2. The molecular formula is C60H111Cl3Si10Ti. The van der Waals surface area contributed by atoms with Gasteiger partial charge in [-0.25, -0.2) is 5.57 Å². The van der Waals surface area contributed by atoms with Crippen LogP contribution in [0.2, 0.25) is 182 Å². The van der Waals surface area contributed by atoms with Gasteiger partial charge in [0.15, 0.2) is 0 Å². The minimum absolute atomic E-state index is 0. The molecule has 1 aliphatic rings. The summed E-state index contributed by atoms with van der Waals surface area (Å²) in [6.07, 6.45) is 4.80. The number of hydrogen-bond acceptors (Lipinski definition) is 0. The van der Waals surface area contributed by atoms with Gasteiger partial charge in [-0.1, -0.05) is 283 Å². The molecule has 0 fully saturated rings. The van der Waals surface area contributed by atoms with Crippen LogP contribution in [0.3, 0.4) is 0 Å². The van der Waals surface area contributed by atoms with E-state index >= 15 is 0 Å². The maximum atomic E-state index is 4.80. The van der Waals surface area contributed by atoms with Crippen molar-refractivity contribution >= 4 is 143 Å². The van der Waals surface area contributed by atoms with Crippen molar-refractivity contribution in [3.8, 4) is 0 Å². The van der Waals surface area contributed by atoms with E-state index in [1.165, 1.54) is 11.1 Å². The minimum atomic E-state index is -3.54. The molecule has 1 atom stereocenters. The summed E-state index contributed by atoms with van der Waals surface area (Å²) in [7, 11) is -22.0. The first-order chi connectivity index (χ1) is 30.6. The third kappa shape index (κ3) is 12.6. The predicted molar refractivity (Wildman–Crippen MR) is 358 cm³/mol. The molecule has 0 nitrogen and oxygen atoms in total. The summed E-state index contributed by atoms with van der Waals surface area (Å²) >= 11 is 0. The van der Waals surface area contributed by atoms with Crippen LogP contribution in [0.15, 0.2) is 16.7 Å². The van der Waals surface area contributed by atoms with E-state index in [1.807, 2.05) is 46.7 Å². The van der Waals surface area contributed by atoms with Crippen molar-refractivity contribution in [2.45, 2.75) is 251 Å². The maximum absolute atomic E-state index is 4.80. The van der Waals surface area contributed by atoms with Crippen LogP contribution in [0.1, 0.15) is 61.1 Å². The van der Waals surface area contributed by atoms with Crippen molar-refractivity contribution in [2.75, 3.05) is 0 Å². The molecule has 14 heteroatoms. The third-order valence-electron chi connectivity index (χ3n) is 16.9. The molecule has 0 N–H and O–H groups in total. The number of allylic oxidation sites excluding steroid dienone is 4. The molecule has 0 bridgehead atoms. The van der Waals surface area contributed by atoms with Crippen molar-refractivity contribution in [3.05, 3.63) is 56.2 Å². The average Bonchev–Trinajstić information content (AvgIpc) is 3.27. The summed E-state index contributed by atoms with van der Waals surface area (Å²) < 4.78 is 0. The van der Waals surface area contributed by atoms with Gasteiger partial charge >= 0.3 is 21.7 Å². The Hall–Kier alpha value is 0.893. The Balaban J connectivity index is 0.0000133. The molecule has 416 valence electrons. The zero-order valence-corrected chi connectivity index (χ0v) is 69.0. The van der Waals surface area contributed by atoms with Crippen LogP contribution in [-0.4, -0.2) is 80.7 Å². The topological polar surface area (TPSA) is 0 Å². The zero-order valence-electron chi connectivity index (χ0n) is 55.1. The van der Waals surface area contributed by atoms with Crippen LogP contribution in [-0.2, 0) is 21.7 Å². The first-order valence-electron chi connectivity index (χ1n) is 27.5. The molecule has 0 heterocycles. The number of halogens is 3. The van der Waals surface area contributed by atoms with E-state index < -0.39 is 80.7 Å². The SMILES string of the molecule is CC1=[C-]C(C)([Si](c2c(C)c([Si](C)(C)C)c(C)c([Si](C)(C)C)c2[Si](C)(C)C)(c2c(C)c([Si](C)(C)C)c(C)c([Si](C)(C)C)c2[Si](C)(C)C)c2c(C)c([Si](C)(C)C)c(C)c([Si](C)(C)C)c2[Si](C)(C)C)C(C)=C1C.[Cl-].[Cl-].[Cl-].[Ti+4]. The molecule has 0 saturated carbocycles. The summed E-state index contributed by atoms with van der Waals surface area (Å²) in [5.41, 5.74) is 14.7. The van der Waals surface area contributed by atoms with Gasteiger partial charge in [-0.3, -0.25) is 6.08 Å². The van der Waals surface area contributed by atoms with Crippen LogP contribution in [0, 0.1) is 47.6 Å². The fraction of sp³-hybridized carbons (Fsp3) is 0.633. The molecule has 3 aromatic carbocycles. The van der Waals surface area contributed by atoms with E-state index in [0.717, 1.165) is 0 Å². The summed E-state index contributed by atoms with van der Waals surface area (Å²) in [5.74, 6) is 0. The van der Waals surface area contributed by atoms with Gasteiger partial charge < -0.3 is 37.2 Å². The van der Waals surface area contributed by atoms with Crippen molar-refractivity contribution in [2.24, 2.45) is 0 Å². The molecule has 0 radical (unpaired) electrons. The second-order valence-electron chi connectivity index (χ2n) is 32.4. The average molecular weight is 1270 g/mol. The summed E-state index contributed by atoms with van der Waals surface area (Å²) in [6, 6.07) is 0. The van der Waals surface area contributed by atoms with Gasteiger partial charge in [0.25, 0.3) is 0 Å². The summed E-state index contributed by atoms with van der Waals surface area (Å²) in [5, 5.41) is 21.8. The van der Waals surface area contributed by atoms with E-state index in [9.17, 15) is 0 Å². The van der Waals surface area contributed by atoms with Crippen LogP contribution in [0.5, 0.6) is 0 Å². The van der Waals surface area contributed by atoms with Crippen LogP contribution in [0.4, 0.5) is 0 Å². The van der Waals surface area contributed by atoms with Gasteiger partial charge in [0, 0.05) is 0 Å². The summed E-state index contributed by atoms with van der Waals surface area (Å²) in [4.78, 5) is 0. The second kappa shape index (κ2) is 22.9. The molecule has 0 spiro atoms. The van der Waals surface area contributed by atoms with Crippen molar-refractivity contribution in [3.63, 3.8) is 0 Å². The van der Waals surface area contributed by atoms with Gasteiger partial charge in [0.2, 0.25) is 0 Å².